The highest BCUT2D eigenvalue weighted by Gasteiger charge is 2.15. The minimum Gasteiger partial charge on any atom is -0.207 e. The van der Waals surface area contributed by atoms with Crippen molar-refractivity contribution in [1.29, 1.82) is 0 Å². The van der Waals surface area contributed by atoms with E-state index in [1.54, 1.807) is 18.2 Å². The Bertz CT molecular complexity index is 1280. The van der Waals surface area contributed by atoms with Crippen LogP contribution in [0.4, 0.5) is 17.6 Å². The van der Waals surface area contributed by atoms with Crippen molar-refractivity contribution in [2.75, 3.05) is 0 Å². The highest BCUT2D eigenvalue weighted by atomic mass is 19.1. The van der Waals surface area contributed by atoms with Gasteiger partial charge >= 0.3 is 0 Å². The lowest BCUT2D eigenvalue weighted by Crippen LogP contribution is -1.93. The van der Waals surface area contributed by atoms with Crippen molar-refractivity contribution >= 4 is 10.8 Å². The Morgan fingerprint density at radius 3 is 2.03 bits per heavy atom. The smallest absolute Gasteiger partial charge is 0.138 e. The zero-order valence-corrected chi connectivity index (χ0v) is 18.6. The lowest BCUT2D eigenvalue weighted by Gasteiger charge is -2.11. The van der Waals surface area contributed by atoms with Gasteiger partial charge in [0.1, 0.15) is 23.3 Å². The van der Waals surface area contributed by atoms with Gasteiger partial charge in [0.25, 0.3) is 0 Å². The molecule has 0 aliphatic rings. The summed E-state index contributed by atoms with van der Waals surface area (Å²) < 4.78 is 57.4. The van der Waals surface area contributed by atoms with Gasteiger partial charge in [0.15, 0.2) is 0 Å². The summed E-state index contributed by atoms with van der Waals surface area (Å²) in [6.45, 7) is 2.19. The highest BCUT2D eigenvalue weighted by Crippen LogP contribution is 2.33. The van der Waals surface area contributed by atoms with E-state index in [0.29, 0.717) is 17.0 Å². The summed E-state index contributed by atoms with van der Waals surface area (Å²) in [5.41, 5.74) is 1.78. The minimum absolute atomic E-state index is 0.000950. The summed E-state index contributed by atoms with van der Waals surface area (Å²) in [6.07, 6.45) is 7.00. The molecule has 0 aliphatic heterocycles. The molecule has 0 saturated carbocycles. The third-order valence-electron chi connectivity index (χ3n) is 6.09. The predicted octanol–water partition coefficient (Wildman–Crippen LogP) is 9.24. The fourth-order valence-corrected chi connectivity index (χ4v) is 4.26. The molecular formula is C29H26F4. The highest BCUT2D eigenvalue weighted by molar-refractivity contribution is 5.89. The zero-order chi connectivity index (χ0) is 23.4. The second-order valence-electron chi connectivity index (χ2n) is 8.47. The van der Waals surface area contributed by atoms with Gasteiger partial charge in [-0.3, -0.25) is 0 Å². The van der Waals surface area contributed by atoms with Gasteiger partial charge in [-0.1, -0.05) is 75.1 Å². The maximum Gasteiger partial charge on any atom is 0.138 e. The first kappa shape index (κ1) is 23.0. The molecule has 4 aromatic carbocycles. The molecule has 170 valence electrons. The van der Waals surface area contributed by atoms with Crippen molar-refractivity contribution in [1.82, 2.24) is 0 Å². The lowest BCUT2D eigenvalue weighted by molar-refractivity contribution is 0.582. The van der Waals surface area contributed by atoms with Crippen LogP contribution in [0.2, 0.25) is 0 Å². The number of rotatable bonds is 8. The van der Waals surface area contributed by atoms with E-state index in [-0.39, 0.29) is 16.7 Å². The molecule has 0 aliphatic carbocycles. The van der Waals surface area contributed by atoms with Crippen molar-refractivity contribution in [2.45, 2.75) is 45.4 Å². The van der Waals surface area contributed by atoms with E-state index in [0.717, 1.165) is 24.3 Å². The average molecular weight is 451 g/mol. The molecule has 0 atom stereocenters. The Kier molecular flexibility index (Phi) is 7.12. The fourth-order valence-electron chi connectivity index (χ4n) is 4.26. The number of benzene rings is 4. The molecule has 0 amide bonds. The van der Waals surface area contributed by atoms with Crippen LogP contribution in [0.5, 0.6) is 0 Å². The average Bonchev–Trinajstić information content (AvgIpc) is 2.80. The zero-order valence-electron chi connectivity index (χ0n) is 18.6. The second kappa shape index (κ2) is 10.2. The van der Waals surface area contributed by atoms with Crippen molar-refractivity contribution < 1.29 is 17.6 Å². The van der Waals surface area contributed by atoms with Gasteiger partial charge in [-0.2, -0.15) is 0 Å². The first-order valence-corrected chi connectivity index (χ1v) is 11.4. The van der Waals surface area contributed by atoms with Crippen LogP contribution in [0, 0.1) is 23.3 Å². The van der Waals surface area contributed by atoms with Gasteiger partial charge in [-0.25, -0.2) is 17.6 Å². The Labute approximate surface area is 191 Å². The van der Waals surface area contributed by atoms with E-state index in [9.17, 15) is 13.2 Å². The number of aryl methyl sites for hydroxylation is 1. The molecule has 0 fully saturated rings. The maximum absolute atomic E-state index is 15.3. The van der Waals surface area contributed by atoms with Gasteiger partial charge < -0.3 is 0 Å². The second-order valence-corrected chi connectivity index (χ2v) is 8.47. The Morgan fingerprint density at radius 1 is 0.606 bits per heavy atom. The van der Waals surface area contributed by atoms with E-state index >= 15 is 4.39 Å². The molecule has 0 aromatic heterocycles. The van der Waals surface area contributed by atoms with Gasteiger partial charge in [0.05, 0.1) is 0 Å². The molecule has 0 nitrogen and oxygen atoms in total. The molecule has 0 heterocycles. The molecule has 0 saturated heterocycles. The van der Waals surface area contributed by atoms with E-state index in [1.165, 1.54) is 49.4 Å². The topological polar surface area (TPSA) is 0 Å². The summed E-state index contributed by atoms with van der Waals surface area (Å²) >= 11 is 0. The van der Waals surface area contributed by atoms with Crippen LogP contribution in [0.25, 0.3) is 33.0 Å². The summed E-state index contributed by atoms with van der Waals surface area (Å²) in [5, 5.41) is 1.30. The molecule has 4 heteroatoms. The Hall–Kier alpha value is -3.14. The van der Waals surface area contributed by atoms with Crippen LogP contribution in [0.3, 0.4) is 0 Å². The first-order chi connectivity index (χ1) is 16.0. The van der Waals surface area contributed by atoms with Crippen molar-refractivity contribution in [2.24, 2.45) is 0 Å². The predicted molar refractivity (Wildman–Crippen MR) is 127 cm³/mol. The van der Waals surface area contributed by atoms with E-state index in [1.807, 2.05) is 18.2 Å². The third kappa shape index (κ3) is 5.11. The Balaban J connectivity index is 1.59. The molecule has 4 aromatic rings. The quantitative estimate of drug-likeness (QED) is 0.185. The maximum atomic E-state index is 15.3. The summed E-state index contributed by atoms with van der Waals surface area (Å²) in [6, 6.07) is 16.4. The standard InChI is InChI=1S/C29H26F4/c1-2-3-4-5-6-7-19-8-12-23-20(16-19)9-13-24(29(23)33)21-10-14-25(27(31)17-21)26-15-11-22(30)18-28(26)32/h8-18H,2-7H2,1H3. The summed E-state index contributed by atoms with van der Waals surface area (Å²) in [7, 11) is 0. The number of hydrogen-bond donors (Lipinski definition) is 0. The molecule has 4 rings (SSSR count). The van der Waals surface area contributed by atoms with Crippen LogP contribution in [-0.2, 0) is 6.42 Å². The monoisotopic (exact) mass is 450 g/mol. The number of halogens is 4. The van der Waals surface area contributed by atoms with Crippen LogP contribution in [0.1, 0.15) is 44.6 Å². The molecule has 33 heavy (non-hydrogen) atoms. The fraction of sp³-hybridized carbons (Fsp3) is 0.241. The largest absolute Gasteiger partial charge is 0.207 e. The molecule has 0 bridgehead atoms. The van der Waals surface area contributed by atoms with Crippen molar-refractivity contribution in [3.05, 3.63) is 95.6 Å². The molecular weight excluding hydrogens is 424 g/mol. The molecule has 0 N–H and O–H groups in total. The van der Waals surface area contributed by atoms with E-state index in [4.69, 9.17) is 0 Å². The first-order valence-electron chi connectivity index (χ1n) is 11.4. The molecule has 0 unspecified atom stereocenters. The van der Waals surface area contributed by atoms with E-state index < -0.39 is 23.3 Å². The normalized spacial score (nSPS) is 11.3. The van der Waals surface area contributed by atoms with Gasteiger partial charge in [0.2, 0.25) is 0 Å². The van der Waals surface area contributed by atoms with Crippen molar-refractivity contribution in [3.8, 4) is 22.3 Å². The SMILES string of the molecule is CCCCCCCc1ccc2c(F)c(-c3ccc(-c4ccc(F)cc4F)c(F)c3)ccc2c1. The summed E-state index contributed by atoms with van der Waals surface area (Å²) in [5.74, 6) is -2.69. The van der Waals surface area contributed by atoms with Crippen LogP contribution >= 0.6 is 0 Å². The Morgan fingerprint density at radius 2 is 1.30 bits per heavy atom. The van der Waals surface area contributed by atoms with Gasteiger partial charge in [0, 0.05) is 28.1 Å². The van der Waals surface area contributed by atoms with Gasteiger partial charge in [-0.15, -0.1) is 0 Å². The van der Waals surface area contributed by atoms with E-state index in [2.05, 4.69) is 6.92 Å². The molecule has 0 spiro atoms. The lowest BCUT2D eigenvalue weighted by atomic mass is 9.95. The minimum atomic E-state index is -0.847. The number of hydrogen-bond acceptors (Lipinski definition) is 0. The summed E-state index contributed by atoms with van der Waals surface area (Å²) in [4.78, 5) is 0. The number of fused-ring (bicyclic) bond motifs is 1. The van der Waals surface area contributed by atoms with Crippen LogP contribution in [0.15, 0.2) is 66.7 Å². The van der Waals surface area contributed by atoms with Gasteiger partial charge in [-0.05, 0) is 47.6 Å². The van der Waals surface area contributed by atoms with Crippen molar-refractivity contribution in [3.63, 3.8) is 0 Å². The van der Waals surface area contributed by atoms with Crippen LogP contribution < -0.4 is 0 Å². The van der Waals surface area contributed by atoms with Crippen LogP contribution in [-0.4, -0.2) is 0 Å². The third-order valence-corrected chi connectivity index (χ3v) is 6.09. The molecule has 0 radical (unpaired) electrons. The number of unbranched alkanes of at least 4 members (excludes halogenated alkanes) is 4.